The molecule has 0 saturated heterocycles. The van der Waals surface area contributed by atoms with Crippen LogP contribution in [0.3, 0.4) is 0 Å². The van der Waals surface area contributed by atoms with Crippen molar-refractivity contribution in [3.05, 3.63) is 60.2 Å². The van der Waals surface area contributed by atoms with Gasteiger partial charge in [-0.05, 0) is 36.2 Å². The van der Waals surface area contributed by atoms with E-state index in [-0.39, 0.29) is 13.0 Å². The lowest BCUT2D eigenvalue weighted by atomic mass is 10.0. The molecule has 0 aliphatic heterocycles. The lowest BCUT2D eigenvalue weighted by molar-refractivity contribution is 0.00425. The second-order valence-electron chi connectivity index (χ2n) is 4.64. The van der Waals surface area contributed by atoms with Crippen LogP contribution in [-0.4, -0.2) is 28.0 Å². The maximum absolute atomic E-state index is 10.0. The number of rotatable bonds is 6. The van der Waals surface area contributed by atoms with E-state index in [2.05, 4.69) is 5.32 Å². The van der Waals surface area contributed by atoms with Gasteiger partial charge >= 0.3 is 0 Å². The molecule has 0 heterocycles. The third-order valence-electron chi connectivity index (χ3n) is 3.08. The maximum Gasteiger partial charge on any atom is 0.105 e. The van der Waals surface area contributed by atoms with Gasteiger partial charge in [-0.15, -0.1) is 0 Å². The standard InChI is InChI=1S/C16H19NO3/c18-10-9-15(19)16(20)12-5-4-8-14(11-12)17-13-6-2-1-3-7-13/h1-8,11,15-20H,9-10H2. The minimum absolute atomic E-state index is 0.150. The quantitative estimate of drug-likeness (QED) is 0.651. The molecule has 2 aromatic carbocycles. The van der Waals surface area contributed by atoms with Crippen LogP contribution in [0.1, 0.15) is 18.1 Å². The first-order valence-electron chi connectivity index (χ1n) is 6.59. The van der Waals surface area contributed by atoms with Crippen LogP contribution >= 0.6 is 0 Å². The van der Waals surface area contributed by atoms with E-state index >= 15 is 0 Å². The molecule has 0 aromatic heterocycles. The molecule has 0 bridgehead atoms. The number of hydrogen-bond donors (Lipinski definition) is 4. The second kappa shape index (κ2) is 7.05. The minimum atomic E-state index is -1.00. The summed E-state index contributed by atoms with van der Waals surface area (Å²) in [5, 5.41) is 31.8. The van der Waals surface area contributed by atoms with E-state index in [4.69, 9.17) is 5.11 Å². The SMILES string of the molecule is OCCC(O)C(O)c1cccc(Nc2ccccc2)c1. The summed E-state index contributed by atoms with van der Waals surface area (Å²) in [5.41, 5.74) is 2.41. The number of nitrogens with one attached hydrogen (secondary N) is 1. The van der Waals surface area contributed by atoms with Gasteiger partial charge in [-0.2, -0.15) is 0 Å². The van der Waals surface area contributed by atoms with Gasteiger partial charge in [0.25, 0.3) is 0 Å². The van der Waals surface area contributed by atoms with Gasteiger partial charge in [-0.1, -0.05) is 30.3 Å². The van der Waals surface area contributed by atoms with Gasteiger partial charge in [0.05, 0.1) is 6.10 Å². The molecule has 0 spiro atoms. The van der Waals surface area contributed by atoms with Crippen molar-refractivity contribution in [3.63, 3.8) is 0 Å². The lowest BCUT2D eigenvalue weighted by Crippen LogP contribution is -2.19. The van der Waals surface area contributed by atoms with Crippen LogP contribution < -0.4 is 5.32 Å². The summed E-state index contributed by atoms with van der Waals surface area (Å²) in [6, 6.07) is 17.0. The summed E-state index contributed by atoms with van der Waals surface area (Å²) < 4.78 is 0. The Morgan fingerprint density at radius 2 is 1.60 bits per heavy atom. The largest absolute Gasteiger partial charge is 0.396 e. The molecule has 0 amide bonds. The van der Waals surface area contributed by atoms with E-state index in [1.165, 1.54) is 0 Å². The van der Waals surface area contributed by atoms with Gasteiger partial charge in [-0.25, -0.2) is 0 Å². The highest BCUT2D eigenvalue weighted by Crippen LogP contribution is 2.23. The molecule has 0 aliphatic rings. The molecule has 0 fully saturated rings. The van der Waals surface area contributed by atoms with Crippen LogP contribution in [0.5, 0.6) is 0 Å². The number of aliphatic hydroxyl groups is 3. The van der Waals surface area contributed by atoms with Gasteiger partial charge in [0.2, 0.25) is 0 Å². The van der Waals surface area contributed by atoms with Crippen molar-refractivity contribution >= 4 is 11.4 Å². The molecular formula is C16H19NO3. The van der Waals surface area contributed by atoms with Gasteiger partial charge in [0.15, 0.2) is 0 Å². The summed E-state index contributed by atoms with van der Waals surface area (Å²) in [4.78, 5) is 0. The zero-order valence-corrected chi connectivity index (χ0v) is 11.1. The average Bonchev–Trinajstić information content (AvgIpc) is 2.48. The Balaban J connectivity index is 2.11. The van der Waals surface area contributed by atoms with Crippen LogP contribution in [0.4, 0.5) is 11.4 Å². The van der Waals surface area contributed by atoms with Gasteiger partial charge < -0.3 is 20.6 Å². The van der Waals surface area contributed by atoms with Crippen LogP contribution in [0.25, 0.3) is 0 Å². The highest BCUT2D eigenvalue weighted by molar-refractivity contribution is 5.60. The normalized spacial score (nSPS) is 13.8. The Labute approximate surface area is 118 Å². The van der Waals surface area contributed by atoms with Crippen molar-refractivity contribution in [2.45, 2.75) is 18.6 Å². The highest BCUT2D eigenvalue weighted by Gasteiger charge is 2.17. The molecule has 0 saturated carbocycles. The Hall–Kier alpha value is -1.88. The van der Waals surface area contributed by atoms with Crippen LogP contribution in [-0.2, 0) is 0 Å². The third-order valence-corrected chi connectivity index (χ3v) is 3.08. The van der Waals surface area contributed by atoms with Crippen molar-refractivity contribution in [3.8, 4) is 0 Å². The number of anilines is 2. The molecule has 20 heavy (non-hydrogen) atoms. The Morgan fingerprint density at radius 3 is 2.30 bits per heavy atom. The van der Waals surface area contributed by atoms with E-state index in [9.17, 15) is 10.2 Å². The molecule has 4 N–H and O–H groups in total. The first-order chi connectivity index (χ1) is 9.70. The lowest BCUT2D eigenvalue weighted by Gasteiger charge is -2.18. The van der Waals surface area contributed by atoms with E-state index in [0.29, 0.717) is 5.56 Å². The topological polar surface area (TPSA) is 72.7 Å². The minimum Gasteiger partial charge on any atom is -0.396 e. The van der Waals surface area contributed by atoms with Crippen molar-refractivity contribution in [2.24, 2.45) is 0 Å². The summed E-state index contributed by atoms with van der Waals surface area (Å²) in [5.74, 6) is 0. The van der Waals surface area contributed by atoms with Crippen molar-refractivity contribution < 1.29 is 15.3 Å². The van der Waals surface area contributed by atoms with Crippen molar-refractivity contribution in [1.29, 1.82) is 0 Å². The molecule has 2 atom stereocenters. The molecular weight excluding hydrogens is 254 g/mol. The highest BCUT2D eigenvalue weighted by atomic mass is 16.3. The van der Waals surface area contributed by atoms with Gasteiger partial charge in [-0.3, -0.25) is 0 Å². The molecule has 2 aromatic rings. The summed E-state index contributed by atoms with van der Waals surface area (Å²) >= 11 is 0. The Morgan fingerprint density at radius 1 is 0.900 bits per heavy atom. The fourth-order valence-corrected chi connectivity index (χ4v) is 2.00. The Bertz CT molecular complexity index is 530. The van der Waals surface area contributed by atoms with E-state index in [1.807, 2.05) is 42.5 Å². The summed E-state index contributed by atoms with van der Waals surface area (Å²) in [6.45, 7) is -0.153. The predicted octanol–water partition coefficient (Wildman–Crippen LogP) is 2.21. The molecule has 0 radical (unpaired) electrons. The molecule has 4 heteroatoms. The van der Waals surface area contributed by atoms with Gasteiger partial charge in [0.1, 0.15) is 6.10 Å². The molecule has 2 rings (SSSR count). The zero-order valence-electron chi connectivity index (χ0n) is 11.1. The molecule has 4 nitrogen and oxygen atoms in total. The first kappa shape index (κ1) is 14.5. The Kier molecular flexibility index (Phi) is 5.12. The smallest absolute Gasteiger partial charge is 0.105 e. The van der Waals surface area contributed by atoms with E-state index in [1.54, 1.807) is 12.1 Å². The maximum atomic E-state index is 10.0. The van der Waals surface area contributed by atoms with E-state index in [0.717, 1.165) is 11.4 Å². The predicted molar refractivity (Wildman–Crippen MR) is 78.8 cm³/mol. The fraction of sp³-hybridized carbons (Fsp3) is 0.250. The third kappa shape index (κ3) is 3.81. The molecule has 2 unspecified atom stereocenters. The van der Waals surface area contributed by atoms with Crippen molar-refractivity contribution in [1.82, 2.24) is 0 Å². The molecule has 0 aliphatic carbocycles. The van der Waals surface area contributed by atoms with Crippen LogP contribution in [0, 0.1) is 0 Å². The molecule has 106 valence electrons. The number of aliphatic hydroxyl groups excluding tert-OH is 3. The van der Waals surface area contributed by atoms with Crippen LogP contribution in [0.2, 0.25) is 0 Å². The first-order valence-corrected chi connectivity index (χ1v) is 6.59. The number of hydrogen-bond acceptors (Lipinski definition) is 4. The summed E-state index contributed by atoms with van der Waals surface area (Å²) in [6.07, 6.45) is -1.82. The second-order valence-corrected chi connectivity index (χ2v) is 4.64. The van der Waals surface area contributed by atoms with Gasteiger partial charge in [0, 0.05) is 18.0 Å². The van der Waals surface area contributed by atoms with E-state index < -0.39 is 12.2 Å². The number of benzene rings is 2. The zero-order chi connectivity index (χ0) is 14.4. The fourth-order valence-electron chi connectivity index (χ4n) is 2.00. The number of para-hydroxylation sites is 1. The van der Waals surface area contributed by atoms with Crippen molar-refractivity contribution in [2.75, 3.05) is 11.9 Å². The summed E-state index contributed by atoms with van der Waals surface area (Å²) in [7, 11) is 0. The monoisotopic (exact) mass is 273 g/mol. The van der Waals surface area contributed by atoms with Crippen LogP contribution in [0.15, 0.2) is 54.6 Å². The average molecular weight is 273 g/mol.